The van der Waals surface area contributed by atoms with E-state index in [-0.39, 0.29) is 12.2 Å². The average Bonchev–Trinajstić information content (AvgIpc) is 2.56. The van der Waals surface area contributed by atoms with Crippen molar-refractivity contribution in [3.05, 3.63) is 42.0 Å². The lowest BCUT2D eigenvalue weighted by atomic mass is 10.0. The van der Waals surface area contributed by atoms with Crippen LogP contribution < -0.4 is 4.90 Å². The second-order valence-corrected chi connectivity index (χ2v) is 5.78. The molecule has 0 radical (unpaired) electrons. The van der Waals surface area contributed by atoms with Crippen LogP contribution in [0.5, 0.6) is 0 Å². The molecule has 0 N–H and O–H groups in total. The van der Waals surface area contributed by atoms with Crippen LogP contribution in [0.3, 0.4) is 0 Å². The Balaban J connectivity index is 3.33. The van der Waals surface area contributed by atoms with Crippen LogP contribution in [0.25, 0.3) is 0 Å². The Hall–Kier alpha value is -3.00. The summed E-state index contributed by atoms with van der Waals surface area (Å²) in [6, 6.07) is 5.67. The van der Waals surface area contributed by atoms with Gasteiger partial charge in [-0.05, 0) is 32.0 Å². The van der Waals surface area contributed by atoms with E-state index < -0.39 is 28.9 Å². The van der Waals surface area contributed by atoms with Crippen molar-refractivity contribution in [2.45, 2.75) is 25.6 Å². The van der Waals surface area contributed by atoms with Gasteiger partial charge in [0.1, 0.15) is 6.54 Å². The summed E-state index contributed by atoms with van der Waals surface area (Å²) in [5.74, 6) is 0. The van der Waals surface area contributed by atoms with Crippen LogP contribution in [0.1, 0.15) is 25.0 Å². The van der Waals surface area contributed by atoms with Gasteiger partial charge in [0.2, 0.25) is 0 Å². The van der Waals surface area contributed by atoms with Crippen LogP contribution in [0.15, 0.2) is 30.9 Å². The number of urea groups is 1. The number of carbonyl (C=O) groups excluding carboxylic acids is 1. The number of hydrogen-bond donors (Lipinski definition) is 0. The predicted octanol–water partition coefficient (Wildman–Crippen LogP) is 3.92. The molecule has 25 heavy (non-hydrogen) atoms. The first-order valence-corrected chi connectivity index (χ1v) is 7.16. The molecule has 0 aliphatic heterocycles. The number of nitrogens with zero attached hydrogens (tertiary/aromatic N) is 4. The number of anilines is 1. The molecule has 0 fully saturated rings. The third-order valence-corrected chi connectivity index (χ3v) is 3.76. The van der Waals surface area contributed by atoms with Gasteiger partial charge in [0, 0.05) is 12.7 Å². The maximum atomic E-state index is 13.1. The monoisotopic (exact) mass is 350 g/mol. The van der Waals surface area contributed by atoms with E-state index in [0.29, 0.717) is 0 Å². The van der Waals surface area contributed by atoms with Gasteiger partial charge in [-0.3, -0.25) is 4.90 Å². The Labute approximate surface area is 144 Å². The Morgan fingerprint density at radius 1 is 1.32 bits per heavy atom. The molecule has 5 nitrogen and oxygen atoms in total. The Kier molecular flexibility index (Phi) is 5.83. The van der Waals surface area contributed by atoms with E-state index in [1.165, 1.54) is 30.2 Å². The highest BCUT2D eigenvalue weighted by molar-refractivity contribution is 5.92. The van der Waals surface area contributed by atoms with E-state index in [1.54, 1.807) is 13.8 Å². The van der Waals surface area contributed by atoms with Gasteiger partial charge in [0.05, 0.1) is 28.8 Å². The van der Waals surface area contributed by atoms with E-state index in [2.05, 4.69) is 6.58 Å². The van der Waals surface area contributed by atoms with Crippen LogP contribution in [-0.4, -0.2) is 30.1 Å². The van der Waals surface area contributed by atoms with Crippen LogP contribution in [0.4, 0.5) is 23.7 Å². The minimum Gasteiger partial charge on any atom is -0.302 e. The Morgan fingerprint density at radius 3 is 2.36 bits per heavy atom. The van der Waals surface area contributed by atoms with Gasteiger partial charge in [-0.25, -0.2) is 4.79 Å². The zero-order valence-electron chi connectivity index (χ0n) is 14.1. The number of benzene rings is 1. The van der Waals surface area contributed by atoms with Gasteiger partial charge in [0.15, 0.2) is 0 Å². The van der Waals surface area contributed by atoms with Crippen molar-refractivity contribution >= 4 is 11.7 Å². The first-order valence-electron chi connectivity index (χ1n) is 7.16. The molecular weight excluding hydrogens is 333 g/mol. The molecule has 0 saturated carbocycles. The predicted molar refractivity (Wildman–Crippen MR) is 86.6 cm³/mol. The topological polar surface area (TPSA) is 71.1 Å². The molecule has 0 atom stereocenters. The molecule has 0 heterocycles. The molecule has 0 saturated heterocycles. The molecule has 8 heteroatoms. The zero-order chi connectivity index (χ0) is 19.4. The lowest BCUT2D eigenvalue weighted by Crippen LogP contribution is -2.51. The van der Waals surface area contributed by atoms with Crippen molar-refractivity contribution in [1.29, 1.82) is 10.5 Å². The van der Waals surface area contributed by atoms with Crippen molar-refractivity contribution in [3.63, 3.8) is 0 Å². The summed E-state index contributed by atoms with van der Waals surface area (Å²) in [5, 5.41) is 17.8. The summed E-state index contributed by atoms with van der Waals surface area (Å²) >= 11 is 0. The summed E-state index contributed by atoms with van der Waals surface area (Å²) < 4.78 is 39.2. The molecule has 0 aliphatic rings. The van der Waals surface area contributed by atoms with Crippen LogP contribution in [0.2, 0.25) is 0 Å². The number of halogens is 3. The summed E-state index contributed by atoms with van der Waals surface area (Å²) in [6.07, 6.45) is -3.26. The van der Waals surface area contributed by atoms with Crippen molar-refractivity contribution in [1.82, 2.24) is 4.90 Å². The highest BCUT2D eigenvalue weighted by atomic mass is 19.4. The normalized spacial score (nSPS) is 11.2. The third-order valence-electron chi connectivity index (χ3n) is 3.76. The van der Waals surface area contributed by atoms with Gasteiger partial charge in [0.25, 0.3) is 0 Å². The molecule has 2 amide bonds. The van der Waals surface area contributed by atoms with Gasteiger partial charge in [-0.15, -0.1) is 6.58 Å². The molecule has 0 unspecified atom stereocenters. The standard InChI is InChI=1S/C17H17F3N4O/c1-5-16(2,3)24(9-8-21)15(25)23(4)13-7-6-12(11-22)14(10-13)17(18,19)20/h5-7,10H,1,9H2,2-4H3. The number of amides is 2. The van der Waals surface area contributed by atoms with Gasteiger partial charge in [-0.2, -0.15) is 23.7 Å². The van der Waals surface area contributed by atoms with E-state index in [0.717, 1.165) is 17.0 Å². The lowest BCUT2D eigenvalue weighted by molar-refractivity contribution is -0.137. The van der Waals surface area contributed by atoms with Crippen molar-refractivity contribution in [2.24, 2.45) is 0 Å². The minimum atomic E-state index is -4.72. The van der Waals surface area contributed by atoms with Crippen molar-refractivity contribution in [2.75, 3.05) is 18.5 Å². The first kappa shape index (κ1) is 20.0. The second-order valence-electron chi connectivity index (χ2n) is 5.78. The molecule has 1 aromatic rings. The summed E-state index contributed by atoms with van der Waals surface area (Å²) in [7, 11) is 1.30. The molecule has 0 spiro atoms. The van der Waals surface area contributed by atoms with E-state index in [4.69, 9.17) is 10.5 Å². The van der Waals surface area contributed by atoms with Crippen LogP contribution >= 0.6 is 0 Å². The van der Waals surface area contributed by atoms with E-state index >= 15 is 0 Å². The SMILES string of the molecule is C=CC(C)(C)N(CC#N)C(=O)N(C)c1ccc(C#N)c(C(F)(F)F)c1. The number of hydrogen-bond acceptors (Lipinski definition) is 3. The second kappa shape index (κ2) is 7.27. The number of nitriles is 2. The highest BCUT2D eigenvalue weighted by Crippen LogP contribution is 2.34. The third kappa shape index (κ3) is 4.30. The largest absolute Gasteiger partial charge is 0.417 e. The average molecular weight is 350 g/mol. The van der Waals surface area contributed by atoms with Gasteiger partial charge in [-0.1, -0.05) is 6.08 Å². The molecule has 1 rings (SSSR count). The maximum Gasteiger partial charge on any atom is 0.417 e. The first-order chi connectivity index (χ1) is 11.5. The number of rotatable bonds is 4. The summed E-state index contributed by atoms with van der Waals surface area (Å²) in [5.41, 5.74) is -2.57. The Morgan fingerprint density at radius 2 is 1.92 bits per heavy atom. The van der Waals surface area contributed by atoms with Crippen molar-refractivity contribution < 1.29 is 18.0 Å². The molecule has 0 bridgehead atoms. The van der Waals surface area contributed by atoms with Gasteiger partial charge >= 0.3 is 12.2 Å². The minimum absolute atomic E-state index is 0.0425. The summed E-state index contributed by atoms with van der Waals surface area (Å²) in [4.78, 5) is 14.8. The van der Waals surface area contributed by atoms with Crippen molar-refractivity contribution in [3.8, 4) is 12.1 Å². The van der Waals surface area contributed by atoms with Crippen LogP contribution in [0, 0.1) is 22.7 Å². The molecule has 1 aromatic carbocycles. The highest BCUT2D eigenvalue weighted by Gasteiger charge is 2.35. The fraction of sp³-hybridized carbons (Fsp3) is 0.353. The van der Waals surface area contributed by atoms with Crippen LogP contribution in [-0.2, 0) is 6.18 Å². The quantitative estimate of drug-likeness (QED) is 0.610. The van der Waals surface area contributed by atoms with Gasteiger partial charge < -0.3 is 4.90 Å². The molecule has 132 valence electrons. The Bertz CT molecular complexity index is 757. The van der Waals surface area contributed by atoms with E-state index in [9.17, 15) is 18.0 Å². The maximum absolute atomic E-state index is 13.1. The molecule has 0 aromatic heterocycles. The number of carbonyl (C=O) groups is 1. The number of alkyl halides is 3. The molecule has 0 aliphatic carbocycles. The summed E-state index contributed by atoms with van der Waals surface area (Å²) in [6.45, 7) is 6.66. The fourth-order valence-electron chi connectivity index (χ4n) is 2.06. The smallest absolute Gasteiger partial charge is 0.302 e. The van der Waals surface area contributed by atoms with E-state index in [1.807, 2.05) is 6.07 Å². The zero-order valence-corrected chi connectivity index (χ0v) is 14.1. The lowest BCUT2D eigenvalue weighted by Gasteiger charge is -2.37. The molecular formula is C17H17F3N4O. The fourth-order valence-corrected chi connectivity index (χ4v) is 2.06.